The van der Waals surface area contributed by atoms with Gasteiger partial charge in [0.2, 0.25) is 5.91 Å². The number of nitrogens with zero attached hydrogens (tertiary/aromatic N) is 3. The largest absolute Gasteiger partial charge is 0.490 e. The van der Waals surface area contributed by atoms with E-state index in [9.17, 15) is 19.7 Å². The number of anilines is 1. The van der Waals surface area contributed by atoms with E-state index in [0.29, 0.717) is 21.5 Å². The summed E-state index contributed by atoms with van der Waals surface area (Å²) in [6, 6.07) is 4.36. The molecule has 10 heteroatoms. The summed E-state index contributed by atoms with van der Waals surface area (Å²) < 4.78 is 6.21. The molecule has 0 bridgehead atoms. The smallest absolute Gasteiger partial charge is 0.311 e. The Hall–Kier alpha value is -3.27. The summed E-state index contributed by atoms with van der Waals surface area (Å²) in [6.07, 6.45) is 1.32. The second-order valence-electron chi connectivity index (χ2n) is 5.46. The fourth-order valence-corrected chi connectivity index (χ4v) is 3.19. The lowest BCUT2D eigenvalue weighted by Gasteiger charge is -2.11. The molecule has 1 N–H and O–H groups in total. The van der Waals surface area contributed by atoms with Gasteiger partial charge in [-0.1, -0.05) is 0 Å². The summed E-state index contributed by atoms with van der Waals surface area (Å²) in [4.78, 5) is 39.9. The van der Waals surface area contributed by atoms with Gasteiger partial charge in [0.1, 0.15) is 11.4 Å². The molecule has 9 nitrogen and oxygen atoms in total. The average Bonchev–Trinajstić information content (AvgIpc) is 3.08. The van der Waals surface area contributed by atoms with Crippen LogP contribution >= 0.6 is 11.3 Å². The van der Waals surface area contributed by atoms with E-state index in [4.69, 9.17) is 4.74 Å². The highest BCUT2D eigenvalue weighted by molar-refractivity contribution is 7.16. The Balaban J connectivity index is 1.84. The summed E-state index contributed by atoms with van der Waals surface area (Å²) in [5.41, 5.74) is 0.385. The van der Waals surface area contributed by atoms with Crippen molar-refractivity contribution in [1.29, 1.82) is 0 Å². The molecule has 1 amide bonds. The molecule has 26 heavy (non-hydrogen) atoms. The van der Waals surface area contributed by atoms with Crippen LogP contribution in [0.1, 0.15) is 5.56 Å². The van der Waals surface area contributed by atoms with Gasteiger partial charge in [-0.2, -0.15) is 0 Å². The maximum Gasteiger partial charge on any atom is 0.311 e. The fourth-order valence-electron chi connectivity index (χ4n) is 2.46. The van der Waals surface area contributed by atoms with Crippen LogP contribution in [0.3, 0.4) is 0 Å². The zero-order valence-corrected chi connectivity index (χ0v) is 14.7. The Morgan fingerprint density at radius 2 is 2.23 bits per heavy atom. The Kier molecular flexibility index (Phi) is 4.67. The molecule has 2 aromatic heterocycles. The number of amides is 1. The van der Waals surface area contributed by atoms with E-state index in [0.717, 1.165) is 0 Å². The number of nitro benzene ring substituents is 1. The first-order valence-corrected chi connectivity index (χ1v) is 8.34. The highest BCUT2D eigenvalue weighted by Crippen LogP contribution is 2.32. The van der Waals surface area contributed by atoms with E-state index in [-0.39, 0.29) is 23.5 Å². The SMILES string of the molecule is COc1cc(NC(=O)Cn2cnc3sccc3c2=O)c(C)cc1[N+](=O)[O-]. The van der Waals surface area contributed by atoms with Crippen LogP contribution in [0.15, 0.2) is 34.7 Å². The molecule has 0 radical (unpaired) electrons. The van der Waals surface area contributed by atoms with Gasteiger partial charge < -0.3 is 10.1 Å². The van der Waals surface area contributed by atoms with Gasteiger partial charge in [-0.05, 0) is 23.9 Å². The van der Waals surface area contributed by atoms with Gasteiger partial charge in [0.15, 0.2) is 5.75 Å². The molecule has 0 aliphatic heterocycles. The zero-order valence-electron chi connectivity index (χ0n) is 13.9. The number of benzene rings is 1. The molecule has 0 unspecified atom stereocenters. The van der Waals surface area contributed by atoms with Gasteiger partial charge in [-0.3, -0.25) is 24.3 Å². The fraction of sp³-hybridized carbons (Fsp3) is 0.188. The molecule has 3 aromatic rings. The van der Waals surface area contributed by atoms with Crippen molar-refractivity contribution in [2.45, 2.75) is 13.5 Å². The molecule has 0 aliphatic carbocycles. The Morgan fingerprint density at radius 1 is 1.46 bits per heavy atom. The van der Waals surface area contributed by atoms with Crippen molar-refractivity contribution in [3.05, 3.63) is 55.9 Å². The molecule has 0 fully saturated rings. The maximum absolute atomic E-state index is 12.3. The molecular formula is C16H14N4O5S. The number of aryl methyl sites for hydroxylation is 1. The van der Waals surface area contributed by atoms with Gasteiger partial charge >= 0.3 is 5.69 Å². The minimum atomic E-state index is -0.557. The first-order valence-electron chi connectivity index (χ1n) is 7.46. The van der Waals surface area contributed by atoms with Crippen LogP contribution in [0.2, 0.25) is 0 Å². The summed E-state index contributed by atoms with van der Waals surface area (Å²) in [5.74, 6) is -0.420. The number of nitrogens with one attached hydrogen (secondary N) is 1. The Morgan fingerprint density at radius 3 is 2.92 bits per heavy atom. The van der Waals surface area contributed by atoms with Crippen LogP contribution in [0.5, 0.6) is 5.75 Å². The second kappa shape index (κ2) is 6.92. The number of carbonyl (C=O) groups excluding carboxylic acids is 1. The number of carbonyl (C=O) groups is 1. The standard InChI is InChI=1S/C16H14N4O5S/c1-9-5-12(20(23)24)13(25-2)6-11(9)18-14(21)7-19-8-17-15-10(16(19)22)3-4-26-15/h3-6,8H,7H2,1-2H3,(H,18,21). The van der Waals surface area contributed by atoms with Crippen LogP contribution in [-0.2, 0) is 11.3 Å². The third-order valence-electron chi connectivity index (χ3n) is 3.76. The zero-order chi connectivity index (χ0) is 18.8. The van der Waals surface area contributed by atoms with Crippen molar-refractivity contribution in [2.24, 2.45) is 0 Å². The third-order valence-corrected chi connectivity index (χ3v) is 4.58. The molecule has 0 aliphatic rings. The molecule has 0 spiro atoms. The molecular weight excluding hydrogens is 360 g/mol. The van der Waals surface area contributed by atoms with Crippen LogP contribution in [0, 0.1) is 17.0 Å². The van der Waals surface area contributed by atoms with E-state index in [1.54, 1.807) is 18.4 Å². The summed E-state index contributed by atoms with van der Waals surface area (Å²) in [7, 11) is 1.31. The minimum Gasteiger partial charge on any atom is -0.490 e. The van der Waals surface area contributed by atoms with Crippen LogP contribution < -0.4 is 15.6 Å². The first-order chi connectivity index (χ1) is 12.4. The molecule has 0 atom stereocenters. The number of hydrogen-bond donors (Lipinski definition) is 1. The van der Waals surface area contributed by atoms with E-state index < -0.39 is 10.8 Å². The minimum absolute atomic E-state index is 0.0365. The third kappa shape index (κ3) is 3.26. The summed E-state index contributed by atoms with van der Waals surface area (Å²) in [6.45, 7) is 1.41. The normalized spacial score (nSPS) is 10.7. The summed E-state index contributed by atoms with van der Waals surface area (Å²) in [5, 5.41) is 15.9. The highest BCUT2D eigenvalue weighted by atomic mass is 32.1. The van der Waals surface area contributed by atoms with Gasteiger partial charge in [-0.15, -0.1) is 11.3 Å². The van der Waals surface area contributed by atoms with Crippen molar-refractivity contribution in [1.82, 2.24) is 9.55 Å². The molecule has 3 rings (SSSR count). The number of aromatic nitrogens is 2. The van der Waals surface area contributed by atoms with Gasteiger partial charge in [-0.25, -0.2) is 4.98 Å². The predicted molar refractivity (Wildman–Crippen MR) is 96.9 cm³/mol. The number of nitro groups is 1. The topological polar surface area (TPSA) is 116 Å². The Bertz CT molecular complexity index is 1070. The lowest BCUT2D eigenvalue weighted by molar-refractivity contribution is -0.385. The number of rotatable bonds is 5. The highest BCUT2D eigenvalue weighted by Gasteiger charge is 2.18. The molecule has 2 heterocycles. The molecule has 0 saturated heterocycles. The Labute approximate surface area is 151 Å². The number of fused-ring (bicyclic) bond motifs is 1. The molecule has 1 aromatic carbocycles. The average molecular weight is 374 g/mol. The second-order valence-corrected chi connectivity index (χ2v) is 6.36. The van der Waals surface area contributed by atoms with Gasteiger partial charge in [0, 0.05) is 17.8 Å². The lowest BCUT2D eigenvalue weighted by Crippen LogP contribution is -2.27. The number of hydrogen-bond acceptors (Lipinski definition) is 7. The van der Waals surface area contributed by atoms with Gasteiger partial charge in [0.25, 0.3) is 5.56 Å². The van der Waals surface area contributed by atoms with E-state index in [2.05, 4.69) is 10.3 Å². The first kappa shape index (κ1) is 17.5. The van der Waals surface area contributed by atoms with Crippen LogP contribution in [-0.4, -0.2) is 27.5 Å². The van der Waals surface area contributed by atoms with E-state index in [1.165, 1.54) is 41.5 Å². The van der Waals surface area contributed by atoms with Crippen molar-refractivity contribution in [3.63, 3.8) is 0 Å². The number of methoxy groups -OCH3 is 1. The van der Waals surface area contributed by atoms with Crippen LogP contribution in [0.4, 0.5) is 11.4 Å². The number of thiophene rings is 1. The lowest BCUT2D eigenvalue weighted by atomic mass is 10.1. The quantitative estimate of drug-likeness (QED) is 0.541. The van der Waals surface area contributed by atoms with Crippen molar-refractivity contribution >= 4 is 38.8 Å². The van der Waals surface area contributed by atoms with Crippen LogP contribution in [0.25, 0.3) is 10.2 Å². The maximum atomic E-state index is 12.3. The van der Waals surface area contributed by atoms with Crippen molar-refractivity contribution in [3.8, 4) is 5.75 Å². The van der Waals surface area contributed by atoms with E-state index >= 15 is 0 Å². The predicted octanol–water partition coefficient (Wildman–Crippen LogP) is 2.32. The monoisotopic (exact) mass is 374 g/mol. The summed E-state index contributed by atoms with van der Waals surface area (Å²) >= 11 is 1.35. The van der Waals surface area contributed by atoms with Crippen molar-refractivity contribution < 1.29 is 14.5 Å². The van der Waals surface area contributed by atoms with Crippen molar-refractivity contribution in [2.75, 3.05) is 12.4 Å². The molecule has 0 saturated carbocycles. The van der Waals surface area contributed by atoms with Gasteiger partial charge in [0.05, 0.1) is 23.7 Å². The number of ether oxygens (including phenoxy) is 1. The molecule has 134 valence electrons. The van der Waals surface area contributed by atoms with E-state index in [1.807, 2.05) is 0 Å².